The van der Waals surface area contributed by atoms with Crippen LogP contribution < -0.4 is 0 Å². The van der Waals surface area contributed by atoms with Crippen LogP contribution in [0, 0.1) is 77.5 Å². The van der Waals surface area contributed by atoms with Crippen LogP contribution in [-0.2, 0) is 48.2 Å². The third-order valence-corrected chi connectivity index (χ3v) is 3.20. The van der Waals surface area contributed by atoms with Gasteiger partial charge in [0.15, 0.2) is 0 Å². The second-order valence-electron chi connectivity index (χ2n) is 4.22. The summed E-state index contributed by atoms with van der Waals surface area (Å²) in [4.78, 5) is 7.75. The monoisotopic (exact) mass is 441 g/mol. The van der Waals surface area contributed by atoms with E-state index in [1.165, 1.54) is 32.1 Å². The number of hydrogen-bond donors (Lipinski definition) is 0. The Morgan fingerprint density at radius 3 is 1.00 bits per heavy atom. The molecule has 3 nitrogen and oxygen atoms in total. The van der Waals surface area contributed by atoms with Crippen LogP contribution in [0.4, 0.5) is 0 Å². The maximum atomic E-state index is 7.75. The van der Waals surface area contributed by atoms with Crippen LogP contribution in [0.3, 0.4) is 0 Å². The maximum Gasteiger partial charge on any atom is 3.00 e. The van der Waals surface area contributed by atoms with E-state index < -0.39 is 0 Å². The normalized spacial score (nSPS) is 17.0. The first-order chi connectivity index (χ1) is 11.4. The summed E-state index contributed by atoms with van der Waals surface area (Å²) in [7, 11) is 4.36. The molecule has 3 aliphatic carbocycles. The van der Waals surface area contributed by atoms with Gasteiger partial charge in [-0.25, -0.2) is 0 Å². The van der Waals surface area contributed by atoms with Crippen molar-refractivity contribution in [1.29, 1.82) is 0 Å². The van der Waals surface area contributed by atoms with Crippen molar-refractivity contribution in [3.8, 4) is 0 Å². The predicted octanol–water partition coefficient (Wildman–Crippen LogP) is 4.42. The van der Waals surface area contributed by atoms with Crippen molar-refractivity contribution in [1.82, 2.24) is 0 Å². The molecule has 6 heteroatoms. The van der Waals surface area contributed by atoms with Crippen molar-refractivity contribution >= 4 is 16.0 Å². The van der Waals surface area contributed by atoms with Crippen molar-refractivity contribution < 1.29 is 48.2 Å². The molecule has 0 aromatic rings. The van der Waals surface area contributed by atoms with E-state index in [1.54, 1.807) is 0 Å². The van der Waals surface area contributed by atoms with Gasteiger partial charge >= 0.3 is 56.7 Å². The van der Waals surface area contributed by atoms with E-state index in [1.807, 2.05) is 64.2 Å². The van der Waals surface area contributed by atoms with Crippen LogP contribution in [0.1, 0.15) is 32.1 Å². The largest absolute Gasteiger partial charge is 3.00 e. The number of rotatable bonds is 0. The van der Waals surface area contributed by atoms with Crippen LogP contribution in [0.15, 0.2) is 0 Å². The van der Waals surface area contributed by atoms with Crippen LogP contribution >= 0.6 is 9.24 Å². The molecular weight excluding hydrogens is 419 g/mol. The van der Waals surface area contributed by atoms with Crippen molar-refractivity contribution in [3.63, 3.8) is 0 Å². The van der Waals surface area contributed by atoms with Gasteiger partial charge in [0.25, 0.3) is 0 Å². The Labute approximate surface area is 179 Å². The molecule has 0 amide bonds. The van der Waals surface area contributed by atoms with Crippen LogP contribution in [0.2, 0.25) is 0 Å². The third-order valence-electron chi connectivity index (χ3n) is 2.69. The number of hydrogen-bond acceptors (Lipinski definition) is 1. The molecule has 0 spiro atoms. The minimum Gasteiger partial charge on any atom is -1.49 e. The molecule has 0 saturated heterocycles. The summed E-state index contributed by atoms with van der Waals surface area (Å²) >= 11 is 0. The van der Waals surface area contributed by atoms with E-state index in [4.69, 9.17) is 14.1 Å². The van der Waals surface area contributed by atoms with E-state index in [2.05, 4.69) is 29.3 Å². The van der Waals surface area contributed by atoms with Gasteiger partial charge < -0.3 is 19.7 Å². The molecule has 3 aliphatic rings. The molecule has 0 aromatic heterocycles. The minimum absolute atomic E-state index is 0. The Morgan fingerprint density at radius 2 is 0.880 bits per heavy atom. The number of carbonyl (C=O) groups excluding carboxylic acids is 1. The van der Waals surface area contributed by atoms with Crippen molar-refractivity contribution in [2.24, 2.45) is 0 Å². The summed E-state index contributed by atoms with van der Waals surface area (Å²) in [5.41, 5.74) is 0.730. The smallest absolute Gasteiger partial charge is 1.49 e. The molecule has 0 aromatic carbocycles. The Hall–Kier alpha value is 0.619. The molecule has 135 valence electrons. The first-order valence-electron chi connectivity index (χ1n) is 7.05. The molecule has 0 bridgehead atoms. The topological polar surface area (TPSA) is 56.9 Å². The van der Waals surface area contributed by atoms with Crippen LogP contribution in [0.25, 0.3) is 0 Å². The van der Waals surface area contributed by atoms with E-state index in [-0.39, 0.29) is 34.1 Å². The Morgan fingerprint density at radius 1 is 0.680 bits per heavy atom. The van der Waals surface area contributed by atoms with Crippen molar-refractivity contribution in [2.75, 3.05) is 0 Å². The first-order valence-corrected chi connectivity index (χ1v) is 7.57. The van der Waals surface area contributed by atoms with Crippen LogP contribution in [0.5, 0.6) is 0 Å². The van der Waals surface area contributed by atoms with Gasteiger partial charge in [-0.1, -0.05) is 19.3 Å². The zero-order valence-electron chi connectivity index (χ0n) is 13.8. The standard InChI is InChI=1S/C6H11P.2C5H5.CHO.2CO.2Fe/c7-6-4-2-1-3-5-6;2*1-2-4-5-3-1;3*1-2;;/h6H,1-5H2;2*1-5H;1H;;;;/q-2;;;-1;;;+2;+3. The molecule has 0 atom stereocenters. The Kier molecular flexibility index (Phi) is 57.9. The molecule has 3 rings (SSSR count). The van der Waals surface area contributed by atoms with Crippen molar-refractivity contribution in [3.05, 3.63) is 77.5 Å². The van der Waals surface area contributed by atoms with Gasteiger partial charge in [0.1, 0.15) is 0 Å². The zero-order chi connectivity index (χ0) is 18.2. The fourth-order valence-corrected chi connectivity index (χ4v) is 2.09. The van der Waals surface area contributed by atoms with Gasteiger partial charge in [0.05, 0.1) is 0 Å². The van der Waals surface area contributed by atoms with Gasteiger partial charge in [-0.05, 0) is 64.2 Å². The average Bonchev–Trinajstić information content (AvgIpc) is 3.39. The molecule has 0 N–H and O–H groups in total. The molecule has 25 heavy (non-hydrogen) atoms. The Balaban J connectivity index is -0.0000000680. The second-order valence-corrected chi connectivity index (χ2v) is 4.95. The summed E-state index contributed by atoms with van der Waals surface area (Å²) in [6, 6.07) is 0. The molecule has 11 radical (unpaired) electrons. The van der Waals surface area contributed by atoms with Crippen molar-refractivity contribution in [2.45, 2.75) is 37.8 Å². The van der Waals surface area contributed by atoms with Gasteiger partial charge in [-0.3, -0.25) is 6.79 Å². The molecule has 0 heterocycles. The van der Waals surface area contributed by atoms with E-state index >= 15 is 0 Å². The molecule has 3 saturated carbocycles. The van der Waals surface area contributed by atoms with Gasteiger partial charge in [0.2, 0.25) is 0 Å². The van der Waals surface area contributed by atoms with Gasteiger partial charge in [0, 0.05) is 0 Å². The zero-order valence-corrected chi connectivity index (χ0v) is 16.9. The van der Waals surface area contributed by atoms with E-state index in [0.717, 1.165) is 5.66 Å². The SMILES string of the molecule is [C-]#[O+].[C-]#[O+].[CH-]=O.[CH]1[CH][CH][CH][CH]1.[CH]1[CH][CH][CH][CH]1.[Fe+2].[Fe+3].[P-2]C1CCCCC1. The third kappa shape index (κ3) is 36.3. The van der Waals surface area contributed by atoms with Gasteiger partial charge in [-0.2, -0.15) is 0 Å². The Bertz CT molecular complexity index is 206. The summed E-state index contributed by atoms with van der Waals surface area (Å²) < 4.78 is 15.0. The molecule has 3 fully saturated rings. The minimum atomic E-state index is 0. The van der Waals surface area contributed by atoms with Crippen LogP contribution in [-0.4, -0.2) is 12.4 Å². The molecular formula is C19H22Fe2O3P+2. The predicted molar refractivity (Wildman–Crippen MR) is 91.4 cm³/mol. The first kappa shape index (κ1) is 36.5. The van der Waals surface area contributed by atoms with E-state index in [9.17, 15) is 0 Å². The summed E-state index contributed by atoms with van der Waals surface area (Å²) in [5.74, 6) is 0. The molecule has 0 unspecified atom stereocenters. The summed E-state index contributed by atoms with van der Waals surface area (Å²) in [5, 5.41) is 0. The summed E-state index contributed by atoms with van der Waals surface area (Å²) in [6.45, 7) is 12.2. The quantitative estimate of drug-likeness (QED) is 0.181. The molecule has 0 aliphatic heterocycles. The second kappa shape index (κ2) is 39.6. The maximum absolute atomic E-state index is 7.75. The van der Waals surface area contributed by atoms with Gasteiger partial charge in [-0.15, -0.1) is 12.8 Å². The fraction of sp³-hybridized carbons (Fsp3) is 0.316. The average molecular weight is 441 g/mol. The fourth-order valence-electron chi connectivity index (χ4n) is 1.72. The summed E-state index contributed by atoms with van der Waals surface area (Å²) in [6.07, 6.45) is 27.0. The van der Waals surface area contributed by atoms with E-state index in [0.29, 0.717) is 0 Å².